The summed E-state index contributed by atoms with van der Waals surface area (Å²) in [4.78, 5) is 32.2. The smallest absolute Gasteiger partial charge is 0.266 e. The number of thiazole rings is 1. The molecule has 1 aromatic carbocycles. The van der Waals surface area contributed by atoms with Gasteiger partial charge in [-0.15, -0.1) is 11.3 Å². The number of hydrogen-bond acceptors (Lipinski definition) is 4. The van der Waals surface area contributed by atoms with Gasteiger partial charge in [-0.3, -0.25) is 9.59 Å². The lowest BCUT2D eigenvalue weighted by atomic mass is 9.87. The molecule has 1 aromatic heterocycles. The second-order valence-electron chi connectivity index (χ2n) is 7.28. The van der Waals surface area contributed by atoms with Gasteiger partial charge in [0.25, 0.3) is 5.91 Å². The van der Waals surface area contributed by atoms with E-state index < -0.39 is 0 Å². The average molecular weight is 387 g/mol. The van der Waals surface area contributed by atoms with Gasteiger partial charge >= 0.3 is 0 Å². The maximum Gasteiger partial charge on any atom is 0.266 e. The van der Waals surface area contributed by atoms with E-state index in [1.54, 1.807) is 17.0 Å². The van der Waals surface area contributed by atoms with Crippen molar-refractivity contribution in [3.05, 3.63) is 51.2 Å². The molecular weight excluding hydrogens is 365 g/mol. The highest BCUT2D eigenvalue weighted by molar-refractivity contribution is 7.13. The highest BCUT2D eigenvalue weighted by Gasteiger charge is 2.39. The molecule has 2 aromatic rings. The van der Waals surface area contributed by atoms with Crippen LogP contribution < -0.4 is 5.32 Å². The Morgan fingerprint density at radius 1 is 1.30 bits per heavy atom. The Balaban J connectivity index is 1.55. The number of nitrogens with zero attached hydrogens (tertiary/aromatic N) is 2. The van der Waals surface area contributed by atoms with Crippen molar-refractivity contribution in [1.29, 1.82) is 0 Å². The molecule has 5 nitrogen and oxygen atoms in total. The zero-order valence-corrected chi connectivity index (χ0v) is 16.0. The zero-order chi connectivity index (χ0) is 19.0. The van der Waals surface area contributed by atoms with Gasteiger partial charge in [0.1, 0.15) is 17.2 Å². The van der Waals surface area contributed by atoms with E-state index in [1.807, 2.05) is 6.92 Å². The molecule has 2 atom stereocenters. The van der Waals surface area contributed by atoms with Gasteiger partial charge in [-0.2, -0.15) is 0 Å². The third kappa shape index (κ3) is 3.74. The van der Waals surface area contributed by atoms with Crippen molar-refractivity contribution in [2.75, 3.05) is 6.54 Å². The van der Waals surface area contributed by atoms with E-state index in [-0.39, 0.29) is 36.3 Å². The molecule has 2 heterocycles. The summed E-state index contributed by atoms with van der Waals surface area (Å²) in [5.41, 5.74) is 1.65. The van der Waals surface area contributed by atoms with Crippen molar-refractivity contribution in [3.8, 4) is 0 Å². The van der Waals surface area contributed by atoms with Crippen LogP contribution >= 0.6 is 11.3 Å². The Bertz CT molecular complexity index is 865. The largest absolute Gasteiger partial charge is 0.350 e. The molecule has 1 saturated heterocycles. The molecule has 2 unspecified atom stereocenters. The summed E-state index contributed by atoms with van der Waals surface area (Å²) in [6.45, 7) is 1.95. The zero-order valence-electron chi connectivity index (χ0n) is 15.2. The van der Waals surface area contributed by atoms with Crippen molar-refractivity contribution in [1.82, 2.24) is 15.2 Å². The van der Waals surface area contributed by atoms with Gasteiger partial charge in [0, 0.05) is 12.5 Å². The lowest BCUT2D eigenvalue weighted by molar-refractivity contribution is -0.127. The molecular formula is C20H22FN3O2S. The molecule has 1 aliphatic heterocycles. The Labute approximate surface area is 161 Å². The molecule has 1 saturated carbocycles. The number of carbonyl (C=O) groups excluding carboxylic acids is 2. The molecule has 2 amide bonds. The van der Waals surface area contributed by atoms with Crippen LogP contribution in [0.1, 0.15) is 51.6 Å². The first kappa shape index (κ1) is 18.1. The number of hydrogen-bond donors (Lipinski definition) is 1. The highest BCUT2D eigenvalue weighted by atomic mass is 32.1. The van der Waals surface area contributed by atoms with Gasteiger partial charge in [0.05, 0.1) is 16.7 Å². The maximum atomic E-state index is 13.2. The Hall–Kier alpha value is -2.28. The first-order valence-corrected chi connectivity index (χ1v) is 10.1. The number of aryl methyl sites for hydroxylation is 1. The minimum absolute atomic E-state index is 0.0656. The molecule has 0 spiro atoms. The van der Waals surface area contributed by atoms with E-state index in [0.717, 1.165) is 36.3 Å². The summed E-state index contributed by atoms with van der Waals surface area (Å²) in [5, 5.41) is 3.86. The summed E-state index contributed by atoms with van der Waals surface area (Å²) < 4.78 is 13.1. The SMILES string of the molecule is Cc1nc(Cc2ccc(F)cc2)sc1C(=O)N1CC(=O)NC2CCCCC21. The summed E-state index contributed by atoms with van der Waals surface area (Å²) in [7, 11) is 0. The van der Waals surface area contributed by atoms with E-state index in [1.165, 1.54) is 23.5 Å². The number of nitrogens with one attached hydrogen (secondary N) is 1. The quantitative estimate of drug-likeness (QED) is 0.880. The Morgan fingerprint density at radius 2 is 2.04 bits per heavy atom. The number of fused-ring (bicyclic) bond motifs is 1. The molecule has 27 heavy (non-hydrogen) atoms. The van der Waals surface area contributed by atoms with Crippen molar-refractivity contribution in [2.45, 2.75) is 51.1 Å². The van der Waals surface area contributed by atoms with Gasteiger partial charge in [0.15, 0.2) is 0 Å². The van der Waals surface area contributed by atoms with Crippen LogP contribution in [0.25, 0.3) is 0 Å². The summed E-state index contributed by atoms with van der Waals surface area (Å²) in [5.74, 6) is -0.447. The first-order valence-electron chi connectivity index (χ1n) is 9.32. The number of benzene rings is 1. The number of halogens is 1. The molecule has 2 fully saturated rings. The van der Waals surface area contributed by atoms with Crippen LogP contribution in [0.15, 0.2) is 24.3 Å². The fourth-order valence-electron chi connectivity index (χ4n) is 4.03. The third-order valence-electron chi connectivity index (χ3n) is 5.35. The van der Waals surface area contributed by atoms with E-state index >= 15 is 0 Å². The first-order chi connectivity index (χ1) is 13.0. The van der Waals surface area contributed by atoms with E-state index in [9.17, 15) is 14.0 Å². The molecule has 0 bridgehead atoms. The molecule has 0 radical (unpaired) electrons. The predicted molar refractivity (Wildman–Crippen MR) is 101 cm³/mol. The molecule has 1 aliphatic carbocycles. The summed E-state index contributed by atoms with van der Waals surface area (Å²) in [6.07, 6.45) is 4.59. The lowest BCUT2D eigenvalue weighted by Gasteiger charge is -2.43. The number of amides is 2. The molecule has 142 valence electrons. The second-order valence-corrected chi connectivity index (χ2v) is 8.37. The van der Waals surface area contributed by atoms with E-state index in [2.05, 4.69) is 10.3 Å². The van der Waals surface area contributed by atoms with Gasteiger partial charge in [-0.1, -0.05) is 25.0 Å². The van der Waals surface area contributed by atoms with Crippen LogP contribution in [0.5, 0.6) is 0 Å². The molecule has 7 heteroatoms. The van der Waals surface area contributed by atoms with Crippen LogP contribution in [0.2, 0.25) is 0 Å². The van der Waals surface area contributed by atoms with Crippen LogP contribution in [-0.4, -0.2) is 40.3 Å². The standard InChI is InChI=1S/C20H22FN3O2S/c1-12-19(27-18(22-12)10-13-6-8-14(21)9-7-13)20(26)24-11-17(25)23-15-4-2-3-5-16(15)24/h6-9,15-16H,2-5,10-11H2,1H3,(H,23,25). The van der Waals surface area contributed by atoms with Gasteiger partial charge in [-0.25, -0.2) is 9.37 Å². The average Bonchev–Trinajstić information content (AvgIpc) is 3.02. The van der Waals surface area contributed by atoms with Crippen molar-refractivity contribution < 1.29 is 14.0 Å². The minimum atomic E-state index is -0.268. The number of carbonyl (C=O) groups is 2. The van der Waals surface area contributed by atoms with Crippen molar-refractivity contribution in [3.63, 3.8) is 0 Å². The Kier molecular flexibility index (Phi) is 4.95. The van der Waals surface area contributed by atoms with E-state index in [4.69, 9.17) is 0 Å². The Morgan fingerprint density at radius 3 is 2.81 bits per heavy atom. The highest BCUT2D eigenvalue weighted by Crippen LogP contribution is 2.29. The lowest BCUT2D eigenvalue weighted by Crippen LogP contribution is -2.62. The van der Waals surface area contributed by atoms with Gasteiger partial charge < -0.3 is 10.2 Å². The maximum absolute atomic E-state index is 13.2. The van der Waals surface area contributed by atoms with Crippen molar-refractivity contribution in [2.24, 2.45) is 0 Å². The number of rotatable bonds is 3. The predicted octanol–water partition coefficient (Wildman–Crippen LogP) is 3.06. The monoisotopic (exact) mass is 387 g/mol. The van der Waals surface area contributed by atoms with E-state index in [0.29, 0.717) is 17.0 Å². The number of aromatic nitrogens is 1. The fourth-order valence-corrected chi connectivity index (χ4v) is 5.09. The third-order valence-corrected chi connectivity index (χ3v) is 6.50. The fraction of sp³-hybridized carbons (Fsp3) is 0.450. The second kappa shape index (κ2) is 7.38. The normalized spacial score (nSPS) is 22.3. The van der Waals surface area contributed by atoms with Crippen LogP contribution in [-0.2, 0) is 11.2 Å². The van der Waals surface area contributed by atoms with Crippen LogP contribution in [0.4, 0.5) is 4.39 Å². The van der Waals surface area contributed by atoms with Crippen molar-refractivity contribution >= 4 is 23.2 Å². The molecule has 2 aliphatic rings. The molecule has 4 rings (SSSR count). The molecule has 1 N–H and O–H groups in total. The summed E-state index contributed by atoms with van der Waals surface area (Å²) >= 11 is 1.37. The van der Waals surface area contributed by atoms with Gasteiger partial charge in [-0.05, 0) is 37.5 Å². The number of piperazine rings is 1. The topological polar surface area (TPSA) is 62.3 Å². The van der Waals surface area contributed by atoms with Crippen LogP contribution in [0, 0.1) is 12.7 Å². The van der Waals surface area contributed by atoms with Crippen LogP contribution in [0.3, 0.4) is 0 Å². The summed E-state index contributed by atoms with van der Waals surface area (Å²) in [6, 6.07) is 6.46. The van der Waals surface area contributed by atoms with Gasteiger partial charge in [0.2, 0.25) is 5.91 Å². The minimum Gasteiger partial charge on any atom is -0.350 e.